The van der Waals surface area contributed by atoms with Crippen LogP contribution in [-0.2, 0) is 6.18 Å². The van der Waals surface area contributed by atoms with Gasteiger partial charge in [-0.2, -0.15) is 13.2 Å². The Bertz CT molecular complexity index is 2200. The van der Waals surface area contributed by atoms with Crippen LogP contribution in [0.15, 0.2) is 134 Å². The van der Waals surface area contributed by atoms with Gasteiger partial charge in [0.15, 0.2) is 0 Å². The van der Waals surface area contributed by atoms with Gasteiger partial charge in [0.05, 0.1) is 45.2 Å². The molecular formula is C36H22F3N3. The minimum Gasteiger partial charge on any atom is -0.309 e. The molecule has 8 aromatic rings. The van der Waals surface area contributed by atoms with Crippen molar-refractivity contribution in [3.63, 3.8) is 0 Å². The summed E-state index contributed by atoms with van der Waals surface area (Å²) in [5.74, 6) is 0. The summed E-state index contributed by atoms with van der Waals surface area (Å²) in [5, 5.41) is 4.15. The van der Waals surface area contributed by atoms with Gasteiger partial charge in [0.1, 0.15) is 0 Å². The molecule has 6 heteroatoms. The first kappa shape index (κ1) is 24.4. The largest absolute Gasteiger partial charge is 0.416 e. The highest BCUT2D eigenvalue weighted by Crippen LogP contribution is 2.42. The summed E-state index contributed by atoms with van der Waals surface area (Å²) >= 11 is 0. The Kier molecular flexibility index (Phi) is 5.28. The fourth-order valence-corrected chi connectivity index (χ4v) is 6.28. The quantitative estimate of drug-likeness (QED) is 0.213. The molecule has 0 fully saturated rings. The molecule has 0 amide bonds. The van der Waals surface area contributed by atoms with Crippen molar-refractivity contribution in [2.75, 3.05) is 0 Å². The van der Waals surface area contributed by atoms with Crippen LogP contribution in [0.3, 0.4) is 0 Å². The molecule has 3 heterocycles. The van der Waals surface area contributed by atoms with E-state index in [1.807, 2.05) is 83.4 Å². The van der Waals surface area contributed by atoms with E-state index in [0.717, 1.165) is 54.9 Å². The highest BCUT2D eigenvalue weighted by atomic mass is 19.4. The number of hydrogen-bond acceptors (Lipinski definition) is 1. The molecule has 0 bridgehead atoms. The number of halogens is 3. The standard InChI is InChI=1S/C36H22F3N3/c37-36(38,39)23-17-18-28(34(21-23)41-30-13-5-1-9-24(30)25-10-2-6-14-31(25)41)29-19-20-40-22-35(29)42-32-15-7-3-11-26(32)27-12-4-8-16-33(27)42/h1-22H. The summed E-state index contributed by atoms with van der Waals surface area (Å²) in [6.45, 7) is 0. The van der Waals surface area contributed by atoms with Gasteiger partial charge in [0.2, 0.25) is 0 Å². The normalized spacial score (nSPS) is 12.2. The van der Waals surface area contributed by atoms with Crippen molar-refractivity contribution in [2.45, 2.75) is 6.18 Å². The Labute approximate surface area is 238 Å². The summed E-state index contributed by atoms with van der Waals surface area (Å²) in [7, 11) is 0. The summed E-state index contributed by atoms with van der Waals surface area (Å²) in [6.07, 6.45) is -1.01. The highest BCUT2D eigenvalue weighted by molar-refractivity contribution is 6.11. The number of benzene rings is 5. The number of pyridine rings is 1. The Hall–Kier alpha value is -5.36. The maximum absolute atomic E-state index is 14.2. The van der Waals surface area contributed by atoms with E-state index in [2.05, 4.69) is 33.8 Å². The Morgan fingerprint density at radius 1 is 0.476 bits per heavy atom. The van der Waals surface area contributed by atoms with Crippen molar-refractivity contribution in [1.82, 2.24) is 14.1 Å². The zero-order valence-electron chi connectivity index (χ0n) is 22.2. The summed E-state index contributed by atoms with van der Waals surface area (Å²) in [4.78, 5) is 4.48. The molecule has 0 atom stereocenters. The SMILES string of the molecule is FC(F)(F)c1ccc(-c2ccncc2-n2c3ccccc3c3ccccc32)c(-n2c3ccccc3c3ccccc32)c1. The van der Waals surface area contributed by atoms with Gasteiger partial charge in [-0.3, -0.25) is 4.98 Å². The number of fused-ring (bicyclic) bond motifs is 6. The second kappa shape index (κ2) is 9.08. The molecule has 0 spiro atoms. The maximum Gasteiger partial charge on any atom is 0.416 e. The van der Waals surface area contributed by atoms with Crippen LogP contribution in [0.1, 0.15) is 5.56 Å². The molecule has 0 aliphatic carbocycles. The number of para-hydroxylation sites is 4. The summed E-state index contributed by atoms with van der Waals surface area (Å²) < 4.78 is 46.7. The third-order valence-corrected chi connectivity index (χ3v) is 8.06. The zero-order chi connectivity index (χ0) is 28.4. The predicted molar refractivity (Wildman–Crippen MR) is 163 cm³/mol. The third-order valence-electron chi connectivity index (χ3n) is 8.06. The molecule has 0 aliphatic rings. The van der Waals surface area contributed by atoms with Crippen molar-refractivity contribution in [3.8, 4) is 22.5 Å². The van der Waals surface area contributed by atoms with Crippen LogP contribution in [0.5, 0.6) is 0 Å². The van der Waals surface area contributed by atoms with Gasteiger partial charge in [-0.25, -0.2) is 0 Å². The first-order valence-electron chi connectivity index (χ1n) is 13.6. The topological polar surface area (TPSA) is 22.8 Å². The van der Waals surface area contributed by atoms with Crippen molar-refractivity contribution in [2.24, 2.45) is 0 Å². The number of hydrogen-bond donors (Lipinski definition) is 0. The molecule has 8 rings (SSSR count). The number of rotatable bonds is 3. The lowest BCUT2D eigenvalue weighted by molar-refractivity contribution is -0.137. The first-order chi connectivity index (χ1) is 20.5. The van der Waals surface area contributed by atoms with Crippen LogP contribution < -0.4 is 0 Å². The van der Waals surface area contributed by atoms with E-state index in [4.69, 9.17) is 0 Å². The van der Waals surface area contributed by atoms with Gasteiger partial charge in [0.25, 0.3) is 0 Å². The number of aromatic nitrogens is 3. The van der Waals surface area contributed by atoms with Gasteiger partial charge < -0.3 is 9.13 Å². The Morgan fingerprint density at radius 3 is 1.38 bits per heavy atom. The minimum atomic E-state index is -4.50. The van der Waals surface area contributed by atoms with Crippen molar-refractivity contribution in [1.29, 1.82) is 0 Å². The molecule has 5 aromatic carbocycles. The average Bonchev–Trinajstić information content (AvgIpc) is 3.53. The van der Waals surface area contributed by atoms with Crippen LogP contribution in [-0.4, -0.2) is 14.1 Å². The maximum atomic E-state index is 14.2. The molecule has 42 heavy (non-hydrogen) atoms. The van der Waals surface area contributed by atoms with Crippen molar-refractivity contribution < 1.29 is 13.2 Å². The van der Waals surface area contributed by atoms with Crippen LogP contribution in [0.25, 0.3) is 66.1 Å². The second-order valence-corrected chi connectivity index (χ2v) is 10.4. The van der Waals surface area contributed by atoms with E-state index in [1.165, 1.54) is 12.1 Å². The summed E-state index contributed by atoms with van der Waals surface area (Å²) in [6, 6.07) is 37.9. The van der Waals surface area contributed by atoms with Crippen LogP contribution >= 0.6 is 0 Å². The molecule has 3 aromatic heterocycles. The van der Waals surface area contributed by atoms with Gasteiger partial charge in [-0.05, 0) is 42.5 Å². The van der Waals surface area contributed by atoms with Crippen LogP contribution in [0, 0.1) is 0 Å². The van der Waals surface area contributed by atoms with E-state index in [0.29, 0.717) is 11.3 Å². The van der Waals surface area contributed by atoms with Gasteiger partial charge >= 0.3 is 6.18 Å². The zero-order valence-corrected chi connectivity index (χ0v) is 22.2. The van der Waals surface area contributed by atoms with Crippen LogP contribution in [0.2, 0.25) is 0 Å². The molecule has 0 aliphatic heterocycles. The molecule has 0 N–H and O–H groups in total. The lowest BCUT2D eigenvalue weighted by Gasteiger charge is -2.19. The van der Waals surface area contributed by atoms with Gasteiger partial charge in [0, 0.05) is 38.9 Å². The monoisotopic (exact) mass is 553 g/mol. The van der Waals surface area contributed by atoms with E-state index >= 15 is 0 Å². The third kappa shape index (κ3) is 3.58. The molecule has 0 unspecified atom stereocenters. The molecular weight excluding hydrogens is 531 g/mol. The minimum absolute atomic E-state index is 0.454. The van der Waals surface area contributed by atoms with E-state index in [1.54, 1.807) is 18.5 Å². The second-order valence-electron chi connectivity index (χ2n) is 10.4. The average molecular weight is 554 g/mol. The molecule has 202 valence electrons. The summed E-state index contributed by atoms with van der Waals surface area (Å²) in [5.41, 5.74) is 5.67. The van der Waals surface area contributed by atoms with E-state index < -0.39 is 11.7 Å². The highest BCUT2D eigenvalue weighted by Gasteiger charge is 2.32. The fourth-order valence-electron chi connectivity index (χ4n) is 6.28. The fraction of sp³-hybridized carbons (Fsp3) is 0.0278. The lowest BCUT2D eigenvalue weighted by Crippen LogP contribution is -2.08. The van der Waals surface area contributed by atoms with E-state index in [-0.39, 0.29) is 0 Å². The molecule has 0 saturated carbocycles. The molecule has 0 radical (unpaired) electrons. The number of nitrogens with zero attached hydrogens (tertiary/aromatic N) is 3. The Balaban J connectivity index is 1.50. The predicted octanol–water partition coefficient (Wildman–Crippen LogP) is 9.96. The van der Waals surface area contributed by atoms with Crippen molar-refractivity contribution >= 4 is 43.6 Å². The number of alkyl halides is 3. The van der Waals surface area contributed by atoms with Gasteiger partial charge in [-0.1, -0.05) is 78.9 Å². The smallest absolute Gasteiger partial charge is 0.309 e. The Morgan fingerprint density at radius 2 is 0.905 bits per heavy atom. The van der Waals surface area contributed by atoms with Crippen molar-refractivity contribution in [3.05, 3.63) is 139 Å². The van der Waals surface area contributed by atoms with Gasteiger partial charge in [-0.15, -0.1) is 0 Å². The first-order valence-corrected chi connectivity index (χ1v) is 13.6. The molecule has 3 nitrogen and oxygen atoms in total. The lowest BCUT2D eigenvalue weighted by atomic mass is 10.00. The van der Waals surface area contributed by atoms with E-state index in [9.17, 15) is 13.2 Å². The van der Waals surface area contributed by atoms with Crippen LogP contribution in [0.4, 0.5) is 13.2 Å². The molecule has 0 saturated heterocycles.